The van der Waals surface area contributed by atoms with Gasteiger partial charge in [-0.25, -0.2) is 0 Å². The Hall–Kier alpha value is -0.800. The summed E-state index contributed by atoms with van der Waals surface area (Å²) in [5, 5.41) is 13.5. The van der Waals surface area contributed by atoms with Crippen LogP contribution in [0.5, 0.6) is 0 Å². The fourth-order valence-electron chi connectivity index (χ4n) is 4.18. The van der Waals surface area contributed by atoms with Gasteiger partial charge >= 0.3 is 0 Å². The van der Waals surface area contributed by atoms with E-state index in [2.05, 4.69) is 13.8 Å². The van der Waals surface area contributed by atoms with Gasteiger partial charge in [-0.1, -0.05) is 13.8 Å². The molecule has 3 heteroatoms. The molecule has 1 aromatic rings. The molecule has 0 aromatic carbocycles. The van der Waals surface area contributed by atoms with Crippen molar-refractivity contribution in [3.05, 3.63) is 29.4 Å². The highest BCUT2D eigenvalue weighted by Crippen LogP contribution is 2.48. The molecule has 1 aromatic heterocycles. The van der Waals surface area contributed by atoms with Crippen LogP contribution in [0, 0.1) is 17.0 Å². The molecule has 0 N–H and O–H groups in total. The van der Waals surface area contributed by atoms with Crippen LogP contribution in [0.4, 0.5) is 0 Å². The zero-order valence-electron chi connectivity index (χ0n) is 11.3. The van der Waals surface area contributed by atoms with E-state index >= 15 is 0 Å². The summed E-state index contributed by atoms with van der Waals surface area (Å²) < 4.78 is 5.20. The van der Waals surface area contributed by atoms with Crippen LogP contribution in [0.2, 0.25) is 0 Å². The predicted octanol–water partition coefficient (Wildman–Crippen LogP) is 3.86. The number of hydrogen-bond acceptors (Lipinski definition) is 2. The maximum Gasteiger partial charge on any atom is 0.118 e. The van der Waals surface area contributed by atoms with E-state index in [0.717, 1.165) is 24.9 Å². The number of hydrogen-bond donors (Lipinski definition) is 0. The SMILES string of the molecule is C[C@H]1CC[C@H]2[C@H](C)CC[C@@H](c3ccoc3)[N@@+]2([O-])C1. The summed E-state index contributed by atoms with van der Waals surface area (Å²) in [6.07, 6.45) is 7.97. The van der Waals surface area contributed by atoms with Crippen molar-refractivity contribution in [2.75, 3.05) is 6.54 Å². The molecule has 2 aliphatic rings. The van der Waals surface area contributed by atoms with Crippen molar-refractivity contribution in [2.24, 2.45) is 11.8 Å². The highest BCUT2D eigenvalue weighted by atomic mass is 16.6. The van der Waals surface area contributed by atoms with Crippen LogP contribution in [-0.2, 0) is 0 Å². The Kier molecular flexibility index (Phi) is 2.99. The quantitative estimate of drug-likeness (QED) is 0.559. The van der Waals surface area contributed by atoms with Gasteiger partial charge in [-0.15, -0.1) is 0 Å². The Morgan fingerprint density at radius 1 is 1.22 bits per heavy atom. The maximum absolute atomic E-state index is 13.5. The average molecular weight is 249 g/mol. The van der Waals surface area contributed by atoms with E-state index in [1.165, 1.54) is 12.8 Å². The molecule has 0 aliphatic carbocycles. The zero-order valence-corrected chi connectivity index (χ0v) is 11.3. The smallest absolute Gasteiger partial charge is 0.118 e. The Morgan fingerprint density at radius 2 is 2.06 bits per heavy atom. The van der Waals surface area contributed by atoms with Crippen LogP contribution in [-0.4, -0.2) is 17.2 Å². The number of piperidine rings is 2. The third-order valence-electron chi connectivity index (χ3n) is 5.12. The van der Waals surface area contributed by atoms with Gasteiger partial charge in [0.2, 0.25) is 0 Å². The minimum absolute atomic E-state index is 0.00185. The first-order valence-corrected chi connectivity index (χ1v) is 7.22. The number of quaternary nitrogens is 1. The van der Waals surface area contributed by atoms with E-state index in [9.17, 15) is 5.21 Å². The Morgan fingerprint density at radius 3 is 2.78 bits per heavy atom. The van der Waals surface area contributed by atoms with Crippen molar-refractivity contribution < 1.29 is 9.06 Å². The van der Waals surface area contributed by atoms with Crippen molar-refractivity contribution >= 4 is 0 Å². The minimum Gasteiger partial charge on any atom is -0.632 e. The van der Waals surface area contributed by atoms with Gasteiger partial charge < -0.3 is 14.3 Å². The summed E-state index contributed by atoms with van der Waals surface area (Å²) in [7, 11) is 0. The lowest BCUT2D eigenvalue weighted by molar-refractivity contribution is -0.952. The molecule has 2 fully saturated rings. The van der Waals surface area contributed by atoms with E-state index in [4.69, 9.17) is 4.42 Å². The minimum atomic E-state index is 0.00185. The molecule has 3 heterocycles. The van der Waals surface area contributed by atoms with Gasteiger partial charge in [0.25, 0.3) is 0 Å². The molecule has 0 saturated carbocycles. The fraction of sp³-hybridized carbons (Fsp3) is 0.733. The van der Waals surface area contributed by atoms with Gasteiger partial charge in [0.05, 0.1) is 25.1 Å². The second-order valence-electron chi connectivity index (χ2n) is 6.41. The third kappa shape index (κ3) is 1.81. The number of nitrogens with zero attached hydrogens (tertiary/aromatic N) is 1. The normalized spacial score (nSPS) is 44.6. The largest absolute Gasteiger partial charge is 0.632 e. The molecular weight excluding hydrogens is 226 g/mol. The highest BCUT2D eigenvalue weighted by Gasteiger charge is 2.47. The zero-order chi connectivity index (χ0) is 12.8. The molecule has 0 radical (unpaired) electrons. The highest BCUT2D eigenvalue weighted by molar-refractivity contribution is 5.11. The van der Waals surface area contributed by atoms with Crippen LogP contribution in [0.15, 0.2) is 23.0 Å². The summed E-state index contributed by atoms with van der Waals surface area (Å²) in [5.41, 5.74) is 1.11. The summed E-state index contributed by atoms with van der Waals surface area (Å²) in [5.74, 6) is 1.12. The van der Waals surface area contributed by atoms with E-state index < -0.39 is 0 Å². The molecule has 2 aliphatic heterocycles. The monoisotopic (exact) mass is 249 g/mol. The molecule has 2 saturated heterocycles. The predicted molar refractivity (Wildman–Crippen MR) is 70.5 cm³/mol. The van der Waals surface area contributed by atoms with Crippen molar-refractivity contribution in [3.8, 4) is 0 Å². The Balaban J connectivity index is 1.95. The van der Waals surface area contributed by atoms with Gasteiger partial charge in [-0.3, -0.25) is 0 Å². The maximum atomic E-state index is 13.5. The number of fused-ring (bicyclic) bond motifs is 1. The fourth-order valence-corrected chi connectivity index (χ4v) is 4.18. The number of hydroxylamine groups is 3. The molecule has 0 unspecified atom stereocenters. The molecule has 5 atom stereocenters. The van der Waals surface area contributed by atoms with E-state index in [1.54, 1.807) is 12.5 Å². The number of rotatable bonds is 1. The lowest BCUT2D eigenvalue weighted by Gasteiger charge is -2.61. The van der Waals surface area contributed by atoms with Crippen molar-refractivity contribution in [3.63, 3.8) is 0 Å². The van der Waals surface area contributed by atoms with Gasteiger partial charge in [0, 0.05) is 30.2 Å². The van der Waals surface area contributed by atoms with Gasteiger partial charge in [-0.05, 0) is 18.9 Å². The standard InChI is InChI=1S/C15H23NO2/c1-11-3-5-14-12(2)4-6-15(16(14,17)9-11)13-7-8-18-10-13/h7-8,10-12,14-15H,3-6,9H2,1-2H3/t11-,12+,14-,15-,16+/m0/s1. The summed E-state index contributed by atoms with van der Waals surface area (Å²) in [6.45, 7) is 5.27. The topological polar surface area (TPSA) is 36.2 Å². The number of furan rings is 1. The summed E-state index contributed by atoms with van der Waals surface area (Å²) in [6, 6.07) is 2.39. The molecule has 18 heavy (non-hydrogen) atoms. The lowest BCUT2D eigenvalue weighted by atomic mass is 9.77. The molecule has 0 amide bonds. The van der Waals surface area contributed by atoms with E-state index in [0.29, 0.717) is 17.9 Å². The molecule has 3 rings (SSSR count). The lowest BCUT2D eigenvalue weighted by Crippen LogP contribution is -2.62. The molecule has 100 valence electrons. The molecule has 0 bridgehead atoms. The molecule has 3 nitrogen and oxygen atoms in total. The molecular formula is C15H23NO2. The Bertz CT molecular complexity index is 403. The second kappa shape index (κ2) is 4.39. The summed E-state index contributed by atoms with van der Waals surface area (Å²) >= 11 is 0. The van der Waals surface area contributed by atoms with Crippen molar-refractivity contribution in [1.29, 1.82) is 0 Å². The first-order chi connectivity index (χ1) is 8.61. The van der Waals surface area contributed by atoms with E-state index in [-0.39, 0.29) is 10.7 Å². The van der Waals surface area contributed by atoms with Crippen LogP contribution in [0.3, 0.4) is 0 Å². The van der Waals surface area contributed by atoms with E-state index in [1.807, 2.05) is 6.07 Å². The van der Waals surface area contributed by atoms with Crippen LogP contribution in [0.25, 0.3) is 0 Å². The van der Waals surface area contributed by atoms with Crippen molar-refractivity contribution in [1.82, 2.24) is 0 Å². The van der Waals surface area contributed by atoms with Gasteiger partial charge in [0.15, 0.2) is 0 Å². The third-order valence-corrected chi connectivity index (χ3v) is 5.12. The Labute approximate surface area is 109 Å². The van der Waals surface area contributed by atoms with Crippen LogP contribution in [0.1, 0.15) is 51.1 Å². The van der Waals surface area contributed by atoms with Gasteiger partial charge in [0.1, 0.15) is 6.04 Å². The average Bonchev–Trinajstić information content (AvgIpc) is 2.81. The van der Waals surface area contributed by atoms with Crippen LogP contribution < -0.4 is 0 Å². The van der Waals surface area contributed by atoms with Crippen molar-refractivity contribution in [2.45, 2.75) is 51.6 Å². The first kappa shape index (κ1) is 12.2. The van der Waals surface area contributed by atoms with Gasteiger partial charge in [-0.2, -0.15) is 0 Å². The molecule has 0 spiro atoms. The first-order valence-electron chi connectivity index (χ1n) is 7.22. The van der Waals surface area contributed by atoms with Crippen LogP contribution >= 0.6 is 0 Å². The second-order valence-corrected chi connectivity index (χ2v) is 6.41. The summed E-state index contributed by atoms with van der Waals surface area (Å²) in [4.78, 5) is 0.